The summed E-state index contributed by atoms with van der Waals surface area (Å²) >= 11 is 0. The van der Waals surface area contributed by atoms with Crippen LogP contribution in [0.2, 0.25) is 0 Å². The van der Waals surface area contributed by atoms with Crippen molar-refractivity contribution < 1.29 is 9.90 Å². The van der Waals surface area contributed by atoms with Gasteiger partial charge in [0.15, 0.2) is 0 Å². The molecule has 1 N–H and O–H groups in total. The predicted molar refractivity (Wildman–Crippen MR) is 44.6 cm³/mol. The Bertz CT molecular complexity index is 196. The smallest absolute Gasteiger partial charge is 0.320 e. The number of nitrogens with zero attached hydrogens (tertiary/aromatic N) is 2. The van der Waals surface area contributed by atoms with Crippen LogP contribution >= 0.6 is 0 Å². The van der Waals surface area contributed by atoms with Crippen molar-refractivity contribution >= 4 is 5.97 Å². The average Bonchev–Trinajstić information content (AvgIpc) is 1.98. The molecule has 12 heavy (non-hydrogen) atoms. The minimum Gasteiger partial charge on any atom is -0.480 e. The molecule has 0 heterocycles. The van der Waals surface area contributed by atoms with Gasteiger partial charge in [-0.1, -0.05) is 0 Å². The van der Waals surface area contributed by atoms with E-state index in [-0.39, 0.29) is 12.6 Å². The van der Waals surface area contributed by atoms with Crippen molar-refractivity contribution in [3.05, 3.63) is 0 Å². The van der Waals surface area contributed by atoms with Crippen LogP contribution in [0.15, 0.2) is 0 Å². The SMILES string of the molecule is CC(C)N(CC#N)C(C)C(=O)O. The summed E-state index contributed by atoms with van der Waals surface area (Å²) in [5.74, 6) is -0.890. The highest BCUT2D eigenvalue weighted by molar-refractivity contribution is 5.72. The maximum Gasteiger partial charge on any atom is 0.320 e. The first-order chi connectivity index (χ1) is 5.50. The van der Waals surface area contributed by atoms with E-state index in [1.807, 2.05) is 19.9 Å². The van der Waals surface area contributed by atoms with Crippen molar-refractivity contribution in [3.63, 3.8) is 0 Å². The van der Waals surface area contributed by atoms with Gasteiger partial charge in [-0.3, -0.25) is 9.69 Å². The van der Waals surface area contributed by atoms with E-state index < -0.39 is 12.0 Å². The lowest BCUT2D eigenvalue weighted by Crippen LogP contribution is -2.43. The monoisotopic (exact) mass is 170 g/mol. The van der Waals surface area contributed by atoms with Crippen molar-refractivity contribution in [2.75, 3.05) is 6.54 Å². The Kier molecular flexibility index (Phi) is 4.30. The van der Waals surface area contributed by atoms with E-state index in [2.05, 4.69) is 0 Å². The van der Waals surface area contributed by atoms with Gasteiger partial charge in [-0.05, 0) is 20.8 Å². The van der Waals surface area contributed by atoms with Gasteiger partial charge in [0.2, 0.25) is 0 Å². The average molecular weight is 170 g/mol. The second kappa shape index (κ2) is 4.73. The minimum absolute atomic E-state index is 0.0794. The van der Waals surface area contributed by atoms with Gasteiger partial charge >= 0.3 is 5.97 Å². The summed E-state index contributed by atoms with van der Waals surface area (Å²) in [6, 6.07) is 1.43. The first-order valence-electron chi connectivity index (χ1n) is 3.86. The van der Waals surface area contributed by atoms with E-state index in [9.17, 15) is 4.79 Å². The minimum atomic E-state index is -0.890. The molecule has 0 fully saturated rings. The number of aliphatic carboxylic acids is 1. The third kappa shape index (κ3) is 2.89. The highest BCUT2D eigenvalue weighted by Gasteiger charge is 2.22. The van der Waals surface area contributed by atoms with Crippen LogP contribution in [0.4, 0.5) is 0 Å². The van der Waals surface area contributed by atoms with E-state index in [1.165, 1.54) is 0 Å². The molecule has 4 heteroatoms. The van der Waals surface area contributed by atoms with Crippen molar-refractivity contribution in [1.29, 1.82) is 5.26 Å². The van der Waals surface area contributed by atoms with E-state index in [0.717, 1.165) is 0 Å². The summed E-state index contributed by atoms with van der Waals surface area (Å²) in [7, 11) is 0. The number of carboxylic acids is 1. The molecule has 0 spiro atoms. The van der Waals surface area contributed by atoms with Crippen LogP contribution in [-0.4, -0.2) is 34.6 Å². The zero-order chi connectivity index (χ0) is 9.72. The van der Waals surface area contributed by atoms with Crippen LogP contribution in [0.3, 0.4) is 0 Å². The highest BCUT2D eigenvalue weighted by Crippen LogP contribution is 2.04. The molecular weight excluding hydrogens is 156 g/mol. The molecule has 0 saturated carbocycles. The quantitative estimate of drug-likeness (QED) is 0.630. The fourth-order valence-electron chi connectivity index (χ4n) is 0.990. The fraction of sp³-hybridized carbons (Fsp3) is 0.750. The molecule has 0 aliphatic carbocycles. The van der Waals surface area contributed by atoms with Gasteiger partial charge in [-0.15, -0.1) is 0 Å². The maximum absolute atomic E-state index is 10.6. The second-order valence-corrected chi connectivity index (χ2v) is 2.94. The van der Waals surface area contributed by atoms with Gasteiger partial charge < -0.3 is 5.11 Å². The number of rotatable bonds is 4. The van der Waals surface area contributed by atoms with Crippen LogP contribution in [-0.2, 0) is 4.79 Å². The molecule has 68 valence electrons. The van der Waals surface area contributed by atoms with Crippen molar-refractivity contribution in [2.45, 2.75) is 32.9 Å². The number of hydrogen-bond donors (Lipinski definition) is 1. The molecule has 0 radical (unpaired) electrons. The third-order valence-corrected chi connectivity index (χ3v) is 1.77. The molecule has 0 aliphatic rings. The summed E-state index contributed by atoms with van der Waals surface area (Å²) in [6.07, 6.45) is 0. The Balaban J connectivity index is 4.31. The fourth-order valence-corrected chi connectivity index (χ4v) is 0.990. The Morgan fingerprint density at radius 1 is 1.58 bits per heavy atom. The van der Waals surface area contributed by atoms with Crippen molar-refractivity contribution in [2.24, 2.45) is 0 Å². The van der Waals surface area contributed by atoms with Crippen molar-refractivity contribution in [1.82, 2.24) is 4.90 Å². The lowest BCUT2D eigenvalue weighted by atomic mass is 10.2. The van der Waals surface area contributed by atoms with Crippen LogP contribution < -0.4 is 0 Å². The third-order valence-electron chi connectivity index (χ3n) is 1.77. The van der Waals surface area contributed by atoms with Crippen LogP contribution in [0.5, 0.6) is 0 Å². The first kappa shape index (κ1) is 10.9. The first-order valence-corrected chi connectivity index (χ1v) is 3.86. The summed E-state index contributed by atoms with van der Waals surface area (Å²) in [5.41, 5.74) is 0. The molecule has 4 nitrogen and oxygen atoms in total. The normalized spacial score (nSPS) is 13.0. The van der Waals surface area contributed by atoms with E-state index >= 15 is 0 Å². The molecule has 0 aromatic heterocycles. The number of hydrogen-bond acceptors (Lipinski definition) is 3. The topological polar surface area (TPSA) is 64.3 Å². The lowest BCUT2D eigenvalue weighted by molar-refractivity contribution is -0.143. The summed E-state index contributed by atoms with van der Waals surface area (Å²) in [6.45, 7) is 5.48. The molecule has 0 aromatic rings. The number of carbonyl (C=O) groups is 1. The Labute approximate surface area is 72.4 Å². The summed E-state index contributed by atoms with van der Waals surface area (Å²) in [5, 5.41) is 17.1. The molecule has 1 atom stereocenters. The zero-order valence-electron chi connectivity index (χ0n) is 7.61. The number of carboxylic acid groups (broad SMARTS) is 1. The van der Waals surface area contributed by atoms with E-state index in [4.69, 9.17) is 10.4 Å². The Morgan fingerprint density at radius 2 is 2.08 bits per heavy atom. The van der Waals surface area contributed by atoms with Gasteiger partial charge in [0.25, 0.3) is 0 Å². The van der Waals surface area contributed by atoms with Gasteiger partial charge in [0.05, 0.1) is 12.6 Å². The van der Waals surface area contributed by atoms with Gasteiger partial charge in [-0.2, -0.15) is 5.26 Å². The van der Waals surface area contributed by atoms with Crippen molar-refractivity contribution in [3.8, 4) is 6.07 Å². The molecule has 0 saturated heterocycles. The molecular formula is C8H14N2O2. The van der Waals surface area contributed by atoms with Crippen LogP contribution in [0.25, 0.3) is 0 Å². The molecule has 0 bridgehead atoms. The number of nitriles is 1. The predicted octanol–water partition coefficient (Wildman–Crippen LogP) is 0.693. The Morgan fingerprint density at radius 3 is 2.33 bits per heavy atom. The second-order valence-electron chi connectivity index (χ2n) is 2.94. The van der Waals surface area contributed by atoms with Crippen LogP contribution in [0.1, 0.15) is 20.8 Å². The lowest BCUT2D eigenvalue weighted by Gasteiger charge is -2.27. The molecule has 0 aromatic carbocycles. The Hall–Kier alpha value is -1.08. The van der Waals surface area contributed by atoms with Gasteiger partial charge in [-0.25, -0.2) is 0 Å². The molecule has 0 amide bonds. The highest BCUT2D eigenvalue weighted by atomic mass is 16.4. The van der Waals surface area contributed by atoms with E-state index in [1.54, 1.807) is 11.8 Å². The molecule has 0 rings (SSSR count). The maximum atomic E-state index is 10.6. The molecule has 1 unspecified atom stereocenters. The van der Waals surface area contributed by atoms with Crippen LogP contribution in [0, 0.1) is 11.3 Å². The largest absolute Gasteiger partial charge is 0.480 e. The van der Waals surface area contributed by atoms with Gasteiger partial charge in [0, 0.05) is 6.04 Å². The summed E-state index contributed by atoms with van der Waals surface area (Å²) < 4.78 is 0. The molecule has 0 aliphatic heterocycles. The van der Waals surface area contributed by atoms with E-state index in [0.29, 0.717) is 0 Å². The standard InChI is InChI=1S/C8H14N2O2/c1-6(2)10(5-4-9)7(3)8(11)12/h6-7H,5H2,1-3H3,(H,11,12). The zero-order valence-corrected chi connectivity index (χ0v) is 7.61. The van der Waals surface area contributed by atoms with Gasteiger partial charge in [0.1, 0.15) is 6.04 Å². The summed E-state index contributed by atoms with van der Waals surface area (Å²) in [4.78, 5) is 12.2.